The number of ether oxygens (including phenoxy) is 2. The Morgan fingerprint density at radius 1 is 1.15 bits per heavy atom. The van der Waals surface area contributed by atoms with Crippen molar-refractivity contribution in [3.05, 3.63) is 48.0 Å². The van der Waals surface area contributed by atoms with Gasteiger partial charge in [0.2, 0.25) is 0 Å². The lowest BCUT2D eigenvalue weighted by Gasteiger charge is -2.21. The van der Waals surface area contributed by atoms with Crippen molar-refractivity contribution in [3.63, 3.8) is 0 Å². The third-order valence-corrected chi connectivity index (χ3v) is 3.07. The number of rotatable bonds is 6. The zero-order chi connectivity index (χ0) is 14.4. The van der Waals surface area contributed by atoms with Gasteiger partial charge in [0, 0.05) is 29.6 Å². The van der Waals surface area contributed by atoms with Crippen LogP contribution >= 0.6 is 0 Å². The van der Waals surface area contributed by atoms with E-state index in [1.54, 1.807) is 14.2 Å². The summed E-state index contributed by atoms with van der Waals surface area (Å²) in [6.45, 7) is 2.89. The first-order valence-electron chi connectivity index (χ1n) is 6.50. The van der Waals surface area contributed by atoms with Gasteiger partial charge in [-0.1, -0.05) is 6.92 Å². The van der Waals surface area contributed by atoms with E-state index in [2.05, 4.69) is 22.2 Å². The van der Waals surface area contributed by atoms with Crippen LogP contribution in [0.1, 0.15) is 24.1 Å². The lowest BCUT2D eigenvalue weighted by molar-refractivity contribution is 0.387. The van der Waals surface area contributed by atoms with Crippen molar-refractivity contribution >= 4 is 0 Å². The SMILES string of the molecule is CCNC(c1cncnc1)c1ccc(OC)cc1OC. The molecule has 0 fully saturated rings. The minimum absolute atomic E-state index is 0.0120. The number of nitrogens with zero attached hydrogens (tertiary/aromatic N) is 2. The predicted octanol–water partition coefficient (Wildman–Crippen LogP) is 2.19. The summed E-state index contributed by atoms with van der Waals surface area (Å²) in [5, 5.41) is 3.43. The quantitative estimate of drug-likeness (QED) is 0.874. The van der Waals surface area contributed by atoms with E-state index < -0.39 is 0 Å². The first-order valence-corrected chi connectivity index (χ1v) is 6.50. The van der Waals surface area contributed by atoms with Crippen molar-refractivity contribution < 1.29 is 9.47 Å². The fourth-order valence-corrected chi connectivity index (χ4v) is 2.13. The Hall–Kier alpha value is -2.14. The van der Waals surface area contributed by atoms with Crippen molar-refractivity contribution in [1.82, 2.24) is 15.3 Å². The second kappa shape index (κ2) is 6.86. The molecular weight excluding hydrogens is 254 g/mol. The Balaban J connectivity index is 2.44. The molecule has 2 aromatic rings. The summed E-state index contributed by atoms with van der Waals surface area (Å²) < 4.78 is 10.7. The van der Waals surface area contributed by atoms with Gasteiger partial charge in [-0.2, -0.15) is 0 Å². The molecule has 1 heterocycles. The smallest absolute Gasteiger partial charge is 0.127 e. The predicted molar refractivity (Wildman–Crippen MR) is 77.1 cm³/mol. The van der Waals surface area contributed by atoms with E-state index >= 15 is 0 Å². The van der Waals surface area contributed by atoms with Gasteiger partial charge < -0.3 is 14.8 Å². The molecule has 1 atom stereocenters. The summed E-state index contributed by atoms with van der Waals surface area (Å²) in [5.74, 6) is 1.55. The summed E-state index contributed by atoms with van der Waals surface area (Å²) in [7, 11) is 3.30. The number of hydrogen-bond donors (Lipinski definition) is 1. The molecule has 2 rings (SSSR count). The van der Waals surface area contributed by atoms with Crippen LogP contribution in [-0.4, -0.2) is 30.7 Å². The molecule has 106 valence electrons. The molecule has 0 saturated heterocycles. The average Bonchev–Trinajstić information content (AvgIpc) is 2.53. The van der Waals surface area contributed by atoms with Crippen molar-refractivity contribution in [3.8, 4) is 11.5 Å². The normalized spacial score (nSPS) is 11.9. The van der Waals surface area contributed by atoms with E-state index in [1.165, 1.54) is 6.33 Å². The van der Waals surface area contributed by atoms with Gasteiger partial charge in [-0.15, -0.1) is 0 Å². The van der Waals surface area contributed by atoms with Gasteiger partial charge in [0.15, 0.2) is 0 Å². The van der Waals surface area contributed by atoms with Crippen LogP contribution in [0.5, 0.6) is 11.5 Å². The minimum atomic E-state index is -0.0120. The molecule has 5 heteroatoms. The molecule has 0 aliphatic rings. The molecule has 20 heavy (non-hydrogen) atoms. The highest BCUT2D eigenvalue weighted by Gasteiger charge is 2.18. The number of hydrogen-bond acceptors (Lipinski definition) is 5. The molecule has 1 N–H and O–H groups in total. The Kier molecular flexibility index (Phi) is 4.90. The lowest BCUT2D eigenvalue weighted by atomic mass is 10.00. The maximum atomic E-state index is 5.48. The van der Waals surface area contributed by atoms with Crippen LogP contribution in [0.25, 0.3) is 0 Å². The summed E-state index contributed by atoms with van der Waals surface area (Å²) in [6.07, 6.45) is 5.14. The molecule has 1 unspecified atom stereocenters. The first kappa shape index (κ1) is 14.3. The summed E-state index contributed by atoms with van der Waals surface area (Å²) in [6, 6.07) is 5.79. The molecule has 1 aromatic carbocycles. The third kappa shape index (κ3) is 3.05. The topological polar surface area (TPSA) is 56.3 Å². The number of aromatic nitrogens is 2. The molecule has 0 amide bonds. The van der Waals surface area contributed by atoms with Crippen LogP contribution in [0, 0.1) is 0 Å². The standard InChI is InChI=1S/C15H19N3O2/c1-4-18-15(11-8-16-10-17-9-11)13-6-5-12(19-2)7-14(13)20-3/h5-10,15,18H,4H2,1-3H3. The number of benzene rings is 1. The number of methoxy groups -OCH3 is 2. The monoisotopic (exact) mass is 273 g/mol. The molecule has 0 aliphatic heterocycles. The fraction of sp³-hybridized carbons (Fsp3) is 0.333. The summed E-state index contributed by atoms with van der Waals surface area (Å²) in [5.41, 5.74) is 2.03. The Morgan fingerprint density at radius 3 is 2.50 bits per heavy atom. The van der Waals surface area contributed by atoms with Crippen LogP contribution in [-0.2, 0) is 0 Å². The fourth-order valence-electron chi connectivity index (χ4n) is 2.13. The lowest BCUT2D eigenvalue weighted by Crippen LogP contribution is -2.22. The van der Waals surface area contributed by atoms with Crippen LogP contribution in [0.3, 0.4) is 0 Å². The Morgan fingerprint density at radius 2 is 1.90 bits per heavy atom. The zero-order valence-electron chi connectivity index (χ0n) is 12.0. The average molecular weight is 273 g/mol. The van der Waals surface area contributed by atoms with Gasteiger partial charge in [0.1, 0.15) is 17.8 Å². The van der Waals surface area contributed by atoms with E-state index in [0.29, 0.717) is 0 Å². The van der Waals surface area contributed by atoms with Crippen molar-refractivity contribution in [2.75, 3.05) is 20.8 Å². The highest BCUT2D eigenvalue weighted by atomic mass is 16.5. The van der Waals surface area contributed by atoms with E-state index in [9.17, 15) is 0 Å². The van der Waals surface area contributed by atoms with Gasteiger partial charge in [0.05, 0.1) is 20.3 Å². The maximum absolute atomic E-state index is 5.48. The van der Waals surface area contributed by atoms with E-state index in [4.69, 9.17) is 9.47 Å². The van der Waals surface area contributed by atoms with Crippen LogP contribution in [0.15, 0.2) is 36.9 Å². The molecule has 0 saturated carbocycles. The zero-order valence-corrected chi connectivity index (χ0v) is 12.0. The second-order valence-electron chi connectivity index (χ2n) is 4.27. The highest BCUT2D eigenvalue weighted by Crippen LogP contribution is 2.32. The highest BCUT2D eigenvalue weighted by molar-refractivity contribution is 5.45. The molecule has 0 aliphatic carbocycles. The van der Waals surface area contributed by atoms with E-state index in [1.807, 2.05) is 30.6 Å². The van der Waals surface area contributed by atoms with Crippen LogP contribution in [0.2, 0.25) is 0 Å². The van der Waals surface area contributed by atoms with E-state index in [-0.39, 0.29) is 6.04 Å². The first-order chi connectivity index (χ1) is 9.80. The molecule has 0 spiro atoms. The van der Waals surface area contributed by atoms with Crippen LogP contribution in [0.4, 0.5) is 0 Å². The molecular formula is C15H19N3O2. The van der Waals surface area contributed by atoms with Gasteiger partial charge in [0.25, 0.3) is 0 Å². The Bertz CT molecular complexity index is 546. The maximum Gasteiger partial charge on any atom is 0.127 e. The third-order valence-electron chi connectivity index (χ3n) is 3.07. The summed E-state index contributed by atoms with van der Waals surface area (Å²) >= 11 is 0. The van der Waals surface area contributed by atoms with Gasteiger partial charge >= 0.3 is 0 Å². The minimum Gasteiger partial charge on any atom is -0.497 e. The molecule has 1 aromatic heterocycles. The molecule has 0 radical (unpaired) electrons. The Labute approximate surface area is 119 Å². The van der Waals surface area contributed by atoms with Crippen molar-refractivity contribution in [2.24, 2.45) is 0 Å². The van der Waals surface area contributed by atoms with Gasteiger partial charge in [-0.05, 0) is 18.7 Å². The van der Waals surface area contributed by atoms with Crippen LogP contribution < -0.4 is 14.8 Å². The van der Waals surface area contributed by atoms with Crippen molar-refractivity contribution in [1.29, 1.82) is 0 Å². The largest absolute Gasteiger partial charge is 0.497 e. The van der Waals surface area contributed by atoms with Gasteiger partial charge in [-0.3, -0.25) is 0 Å². The molecule has 5 nitrogen and oxygen atoms in total. The van der Waals surface area contributed by atoms with Gasteiger partial charge in [-0.25, -0.2) is 9.97 Å². The van der Waals surface area contributed by atoms with E-state index in [0.717, 1.165) is 29.2 Å². The second-order valence-corrected chi connectivity index (χ2v) is 4.27. The summed E-state index contributed by atoms with van der Waals surface area (Å²) in [4.78, 5) is 8.17. The van der Waals surface area contributed by atoms with Crippen molar-refractivity contribution in [2.45, 2.75) is 13.0 Å². The molecule has 0 bridgehead atoms. The number of nitrogens with one attached hydrogen (secondary N) is 1.